The van der Waals surface area contributed by atoms with Crippen molar-refractivity contribution in [2.75, 3.05) is 24.7 Å². The highest BCUT2D eigenvalue weighted by molar-refractivity contribution is 9.10. The summed E-state index contributed by atoms with van der Waals surface area (Å²) < 4.78 is 13.4. The van der Waals surface area contributed by atoms with Crippen molar-refractivity contribution in [3.05, 3.63) is 21.9 Å². The zero-order valence-corrected chi connectivity index (χ0v) is 18.1. The zero-order chi connectivity index (χ0) is 19.6. The lowest BCUT2D eigenvalue weighted by molar-refractivity contribution is 0.0551. The minimum absolute atomic E-state index is 0.290. The molecule has 0 radical (unpaired) electrons. The molecule has 0 atom stereocenters. The Morgan fingerprint density at radius 2 is 2.15 bits per heavy atom. The third-order valence-electron chi connectivity index (χ3n) is 4.37. The van der Waals surface area contributed by atoms with Crippen LogP contribution in [0.5, 0.6) is 0 Å². The second kappa shape index (κ2) is 8.32. The topological polar surface area (TPSA) is 69.0 Å². The summed E-state index contributed by atoms with van der Waals surface area (Å²) in [5.41, 5.74) is -0.0496. The monoisotopic (exact) mass is 458 g/mol. The van der Waals surface area contributed by atoms with Crippen LogP contribution in [-0.4, -0.2) is 46.1 Å². The van der Waals surface area contributed by atoms with Gasteiger partial charge in [-0.3, -0.25) is 4.90 Å². The fourth-order valence-electron chi connectivity index (χ4n) is 3.05. The van der Waals surface area contributed by atoms with Gasteiger partial charge >= 0.3 is 6.09 Å². The van der Waals surface area contributed by atoms with Crippen molar-refractivity contribution in [3.8, 4) is 0 Å². The van der Waals surface area contributed by atoms with E-state index in [4.69, 9.17) is 21.1 Å². The molecule has 3 rings (SSSR count). The fraction of sp³-hybridized carbons (Fsp3) is 0.611. The largest absolute Gasteiger partial charge is 0.443 e. The maximum Gasteiger partial charge on any atom is 0.416 e. The molecule has 0 saturated carbocycles. The number of halogens is 2. The lowest BCUT2D eigenvalue weighted by Gasteiger charge is -2.29. The molecule has 7 nitrogen and oxygen atoms in total. The highest BCUT2D eigenvalue weighted by atomic mass is 79.9. The molecular weight excluding hydrogens is 436 g/mol. The molecule has 0 unspecified atom stereocenters. The van der Waals surface area contributed by atoms with Gasteiger partial charge in [-0.15, -0.1) is 0 Å². The number of carbonyl (C=O) groups is 1. The van der Waals surface area contributed by atoms with E-state index >= 15 is 0 Å². The number of anilines is 1. The Bertz CT molecular complexity index is 815. The Morgan fingerprint density at radius 1 is 1.44 bits per heavy atom. The fourth-order valence-corrected chi connectivity index (χ4v) is 3.57. The van der Waals surface area contributed by atoms with E-state index in [2.05, 4.69) is 26.0 Å². The van der Waals surface area contributed by atoms with Crippen molar-refractivity contribution in [2.45, 2.75) is 45.6 Å². The maximum atomic E-state index is 13.0. The Morgan fingerprint density at radius 3 is 2.81 bits per heavy atom. The maximum absolute atomic E-state index is 13.0. The SMILES string of the molecule is CC(C)(C)OC(=O)N(CCC1CCOCC1)c1cc(Cl)nc2c(Br)cnn12. The molecule has 0 bridgehead atoms. The molecule has 148 valence electrons. The number of hydrogen-bond donors (Lipinski definition) is 0. The van der Waals surface area contributed by atoms with Gasteiger partial charge in [-0.25, -0.2) is 9.78 Å². The van der Waals surface area contributed by atoms with Crippen molar-refractivity contribution in [3.63, 3.8) is 0 Å². The number of hydrogen-bond acceptors (Lipinski definition) is 5. The standard InChI is InChI=1S/C18H24BrClN4O3/c1-18(2,3)27-17(25)23(7-4-12-5-8-26-9-6-12)15-10-14(20)22-16-13(19)11-21-24(15)16/h10-12H,4-9H2,1-3H3. The normalized spacial score (nSPS) is 15.9. The summed E-state index contributed by atoms with van der Waals surface area (Å²) in [6.45, 7) is 7.60. The van der Waals surface area contributed by atoms with Gasteiger partial charge in [-0.2, -0.15) is 9.61 Å². The summed E-state index contributed by atoms with van der Waals surface area (Å²) in [5.74, 6) is 1.05. The van der Waals surface area contributed by atoms with Gasteiger partial charge in [0, 0.05) is 25.8 Å². The number of carbonyl (C=O) groups excluding carboxylic acids is 1. The molecule has 1 aliphatic rings. The lowest BCUT2D eigenvalue weighted by atomic mass is 9.96. The minimum atomic E-state index is -0.603. The summed E-state index contributed by atoms with van der Waals surface area (Å²) in [6, 6.07) is 1.64. The van der Waals surface area contributed by atoms with Crippen LogP contribution < -0.4 is 4.90 Å². The summed E-state index contributed by atoms with van der Waals surface area (Å²) in [7, 11) is 0. The van der Waals surface area contributed by atoms with Gasteiger partial charge < -0.3 is 9.47 Å². The first-order valence-electron chi connectivity index (χ1n) is 9.02. The van der Waals surface area contributed by atoms with Crippen LogP contribution in [0, 0.1) is 5.92 Å². The average Bonchev–Trinajstić information content (AvgIpc) is 2.95. The molecule has 27 heavy (non-hydrogen) atoms. The summed E-state index contributed by atoms with van der Waals surface area (Å²) in [5, 5.41) is 4.62. The van der Waals surface area contributed by atoms with Crippen LogP contribution in [0.25, 0.3) is 5.65 Å². The molecule has 1 saturated heterocycles. The number of rotatable bonds is 4. The molecule has 0 aromatic carbocycles. The first kappa shape index (κ1) is 20.4. The molecule has 9 heteroatoms. The second-order valence-corrected chi connectivity index (χ2v) is 8.88. The van der Waals surface area contributed by atoms with Crippen LogP contribution in [-0.2, 0) is 9.47 Å². The minimum Gasteiger partial charge on any atom is -0.443 e. The van der Waals surface area contributed by atoms with Gasteiger partial charge in [0.15, 0.2) is 5.65 Å². The first-order valence-corrected chi connectivity index (χ1v) is 10.2. The van der Waals surface area contributed by atoms with Crippen LogP contribution >= 0.6 is 27.5 Å². The van der Waals surface area contributed by atoms with Gasteiger partial charge in [0.1, 0.15) is 16.6 Å². The molecule has 2 aromatic heterocycles. The molecule has 1 amide bonds. The van der Waals surface area contributed by atoms with Crippen molar-refractivity contribution >= 4 is 45.1 Å². The van der Waals surface area contributed by atoms with E-state index in [1.807, 2.05) is 20.8 Å². The Kier molecular flexibility index (Phi) is 6.28. The zero-order valence-electron chi connectivity index (χ0n) is 15.7. The molecule has 2 aromatic rings. The molecular formula is C18H24BrClN4O3. The Balaban J connectivity index is 1.92. The smallest absolute Gasteiger partial charge is 0.416 e. The molecule has 3 heterocycles. The average molecular weight is 460 g/mol. The quantitative estimate of drug-likeness (QED) is 0.620. The third-order valence-corrected chi connectivity index (χ3v) is 5.12. The Labute approximate surface area is 172 Å². The predicted octanol–water partition coefficient (Wildman–Crippen LogP) is 4.70. The van der Waals surface area contributed by atoms with Gasteiger partial charge in [0.05, 0.1) is 10.7 Å². The van der Waals surface area contributed by atoms with Gasteiger partial charge in [-0.1, -0.05) is 11.6 Å². The van der Waals surface area contributed by atoms with Gasteiger partial charge in [0.2, 0.25) is 0 Å². The van der Waals surface area contributed by atoms with E-state index < -0.39 is 11.7 Å². The number of ether oxygens (including phenoxy) is 2. The Hall–Kier alpha value is -1.38. The lowest BCUT2D eigenvalue weighted by Crippen LogP contribution is -2.39. The van der Waals surface area contributed by atoms with Crippen molar-refractivity contribution in [1.82, 2.24) is 14.6 Å². The van der Waals surface area contributed by atoms with Gasteiger partial charge in [-0.05, 0) is 61.9 Å². The predicted molar refractivity (Wildman–Crippen MR) is 107 cm³/mol. The van der Waals surface area contributed by atoms with E-state index in [-0.39, 0.29) is 0 Å². The molecule has 1 fully saturated rings. The van der Waals surface area contributed by atoms with Crippen LogP contribution in [0.1, 0.15) is 40.0 Å². The van der Waals surface area contributed by atoms with E-state index in [1.54, 1.807) is 21.7 Å². The number of aromatic nitrogens is 3. The van der Waals surface area contributed by atoms with Crippen LogP contribution in [0.4, 0.5) is 10.6 Å². The molecule has 0 N–H and O–H groups in total. The molecule has 0 spiro atoms. The van der Waals surface area contributed by atoms with Crippen LogP contribution in [0.3, 0.4) is 0 Å². The van der Waals surface area contributed by atoms with Crippen LogP contribution in [0.15, 0.2) is 16.7 Å². The molecule has 0 aliphatic carbocycles. The second-order valence-electron chi connectivity index (χ2n) is 7.64. The van der Waals surface area contributed by atoms with E-state index in [0.29, 0.717) is 33.6 Å². The number of fused-ring (bicyclic) bond motifs is 1. The van der Waals surface area contributed by atoms with Crippen molar-refractivity contribution in [1.29, 1.82) is 0 Å². The van der Waals surface area contributed by atoms with Crippen molar-refractivity contribution in [2.24, 2.45) is 5.92 Å². The summed E-state index contributed by atoms with van der Waals surface area (Å²) >= 11 is 9.63. The van der Waals surface area contributed by atoms with E-state index in [0.717, 1.165) is 32.5 Å². The van der Waals surface area contributed by atoms with Gasteiger partial charge in [0.25, 0.3) is 0 Å². The number of amides is 1. The summed E-state index contributed by atoms with van der Waals surface area (Å²) in [6.07, 6.45) is 4.06. The third kappa shape index (κ3) is 5.12. The van der Waals surface area contributed by atoms with E-state index in [9.17, 15) is 4.79 Å². The van der Waals surface area contributed by atoms with Crippen LogP contribution in [0.2, 0.25) is 5.15 Å². The van der Waals surface area contributed by atoms with Crippen molar-refractivity contribution < 1.29 is 14.3 Å². The number of nitrogens with zero attached hydrogens (tertiary/aromatic N) is 4. The van der Waals surface area contributed by atoms with E-state index in [1.165, 1.54) is 0 Å². The summed E-state index contributed by atoms with van der Waals surface area (Å²) in [4.78, 5) is 18.8. The molecule has 1 aliphatic heterocycles. The highest BCUT2D eigenvalue weighted by Gasteiger charge is 2.27. The first-order chi connectivity index (χ1) is 12.7. The highest BCUT2D eigenvalue weighted by Crippen LogP contribution is 2.27.